The van der Waals surface area contributed by atoms with Crippen molar-refractivity contribution in [2.45, 2.75) is 83.7 Å². The summed E-state index contributed by atoms with van der Waals surface area (Å²) in [5.41, 5.74) is -0.448. The Bertz CT molecular complexity index is 444. The van der Waals surface area contributed by atoms with Crippen molar-refractivity contribution in [3.05, 3.63) is 0 Å². The van der Waals surface area contributed by atoms with Crippen molar-refractivity contribution >= 4 is 5.78 Å². The molecule has 0 spiro atoms. The minimum Gasteiger partial charge on any atom is -0.390 e. The lowest BCUT2D eigenvalue weighted by Crippen LogP contribution is -2.45. The number of aliphatic hydroxyl groups is 2. The van der Waals surface area contributed by atoms with Crippen LogP contribution in [0.2, 0.25) is 0 Å². The van der Waals surface area contributed by atoms with E-state index in [1.54, 1.807) is 0 Å². The van der Waals surface area contributed by atoms with Crippen molar-refractivity contribution < 1.29 is 15.0 Å². The first kappa shape index (κ1) is 18.4. The molecule has 138 valence electrons. The van der Waals surface area contributed by atoms with Gasteiger partial charge in [-0.2, -0.15) is 0 Å². The molecule has 3 rings (SSSR count). The fraction of sp³-hybridized carbons (Fsp3) is 0.952. The van der Waals surface area contributed by atoms with E-state index in [2.05, 4.69) is 6.92 Å². The fourth-order valence-corrected chi connectivity index (χ4v) is 6.36. The molecule has 7 atom stereocenters. The lowest BCUT2D eigenvalue weighted by molar-refractivity contribution is -0.126. The highest BCUT2D eigenvalue weighted by Gasteiger charge is 2.46. The van der Waals surface area contributed by atoms with Gasteiger partial charge in [-0.05, 0) is 94.3 Å². The Morgan fingerprint density at radius 1 is 1.00 bits per heavy atom. The minimum absolute atomic E-state index is 0.0543. The quantitative estimate of drug-likeness (QED) is 0.802. The molecule has 0 aromatic heterocycles. The number of rotatable bonds is 2. The Kier molecular flexibility index (Phi) is 5.71. The first-order chi connectivity index (χ1) is 11.4. The molecule has 0 heterocycles. The number of aliphatic hydroxyl groups excluding tert-OH is 1. The van der Waals surface area contributed by atoms with E-state index in [1.165, 1.54) is 25.7 Å². The van der Waals surface area contributed by atoms with Crippen LogP contribution >= 0.6 is 0 Å². The lowest BCUT2D eigenvalue weighted by Gasteiger charge is -2.50. The van der Waals surface area contributed by atoms with Crippen LogP contribution < -0.4 is 0 Å². The first-order valence-electron chi connectivity index (χ1n) is 10.3. The van der Waals surface area contributed by atoms with Gasteiger partial charge in [0.15, 0.2) is 5.78 Å². The molecule has 0 amide bonds. The van der Waals surface area contributed by atoms with Gasteiger partial charge in [-0.3, -0.25) is 4.79 Å². The molecule has 3 saturated carbocycles. The summed E-state index contributed by atoms with van der Waals surface area (Å²) in [5.74, 6) is 3.91. The summed E-state index contributed by atoms with van der Waals surface area (Å²) in [6.45, 7) is 4.13. The van der Waals surface area contributed by atoms with E-state index in [-0.39, 0.29) is 18.3 Å². The molecule has 0 aliphatic heterocycles. The van der Waals surface area contributed by atoms with Crippen LogP contribution in [-0.4, -0.2) is 28.2 Å². The van der Waals surface area contributed by atoms with Gasteiger partial charge in [0.05, 0.1) is 5.60 Å². The van der Waals surface area contributed by atoms with Crippen LogP contribution in [0, 0.1) is 35.5 Å². The van der Waals surface area contributed by atoms with E-state index >= 15 is 0 Å². The Balaban J connectivity index is 1.72. The number of Topliss-reactive ketones (excluding diaryl/α,β-unsaturated/α-hetero) is 1. The minimum atomic E-state index is -0.448. The predicted molar refractivity (Wildman–Crippen MR) is 95.5 cm³/mol. The summed E-state index contributed by atoms with van der Waals surface area (Å²) < 4.78 is 0. The summed E-state index contributed by atoms with van der Waals surface area (Å²) in [6.07, 6.45) is 11.1. The molecule has 2 N–H and O–H groups in total. The number of hydrogen-bond acceptors (Lipinski definition) is 3. The number of hydrogen-bond donors (Lipinski definition) is 2. The third kappa shape index (κ3) is 3.88. The molecule has 24 heavy (non-hydrogen) atoms. The van der Waals surface area contributed by atoms with Crippen LogP contribution in [0.4, 0.5) is 0 Å². The van der Waals surface area contributed by atoms with Crippen molar-refractivity contribution in [2.24, 2.45) is 35.5 Å². The van der Waals surface area contributed by atoms with Gasteiger partial charge < -0.3 is 10.2 Å². The maximum absolute atomic E-state index is 12.0. The Labute approximate surface area is 147 Å². The van der Waals surface area contributed by atoms with Gasteiger partial charge in [-0.15, -0.1) is 0 Å². The van der Waals surface area contributed by atoms with Crippen molar-refractivity contribution in [3.63, 3.8) is 0 Å². The number of fused-ring (bicyclic) bond motifs is 3. The molecule has 3 aliphatic carbocycles. The zero-order valence-corrected chi connectivity index (χ0v) is 15.5. The highest BCUT2D eigenvalue weighted by molar-refractivity contribution is 5.81. The van der Waals surface area contributed by atoms with Gasteiger partial charge in [0, 0.05) is 5.92 Å². The van der Waals surface area contributed by atoms with E-state index in [1.807, 2.05) is 6.92 Å². The van der Waals surface area contributed by atoms with E-state index in [4.69, 9.17) is 0 Å². The van der Waals surface area contributed by atoms with Gasteiger partial charge in [0.1, 0.15) is 6.61 Å². The molecule has 0 radical (unpaired) electrons. The molecule has 3 heteroatoms. The van der Waals surface area contributed by atoms with Crippen LogP contribution in [0.3, 0.4) is 0 Å². The second-order valence-corrected chi connectivity index (χ2v) is 9.38. The average molecular weight is 337 g/mol. The van der Waals surface area contributed by atoms with Crippen LogP contribution in [-0.2, 0) is 4.79 Å². The highest BCUT2D eigenvalue weighted by Crippen LogP contribution is 2.53. The van der Waals surface area contributed by atoms with Gasteiger partial charge in [-0.1, -0.05) is 13.3 Å². The van der Waals surface area contributed by atoms with Gasteiger partial charge in [-0.25, -0.2) is 0 Å². The molecule has 0 bridgehead atoms. The maximum atomic E-state index is 12.0. The SMILES string of the molecule is CC1CCC(C(=O)CO)CCCC2C1CCC1CC(C)(O)CCC12. The largest absolute Gasteiger partial charge is 0.390 e. The fourth-order valence-electron chi connectivity index (χ4n) is 6.36. The van der Waals surface area contributed by atoms with Crippen LogP contribution in [0.1, 0.15) is 78.1 Å². The lowest BCUT2D eigenvalue weighted by atomic mass is 9.56. The van der Waals surface area contributed by atoms with Gasteiger partial charge >= 0.3 is 0 Å². The average Bonchev–Trinajstić information content (AvgIpc) is 2.62. The standard InChI is InChI=1S/C21H36O3/c1-14-6-7-15(20(23)13-22)4-3-5-19-17(14)9-8-16-12-21(2,24)11-10-18(16)19/h14-19,22,24H,3-13H2,1-2H3. The van der Waals surface area contributed by atoms with E-state index in [0.717, 1.165) is 56.3 Å². The molecule has 7 unspecified atom stereocenters. The molecular weight excluding hydrogens is 300 g/mol. The number of carbonyl (C=O) groups excluding carboxylic acids is 1. The van der Waals surface area contributed by atoms with E-state index in [9.17, 15) is 15.0 Å². The maximum Gasteiger partial charge on any atom is 0.161 e. The van der Waals surface area contributed by atoms with Crippen molar-refractivity contribution in [3.8, 4) is 0 Å². The molecule has 0 aromatic carbocycles. The second kappa shape index (κ2) is 7.45. The zero-order valence-electron chi connectivity index (χ0n) is 15.5. The molecule has 3 fully saturated rings. The molecule has 3 nitrogen and oxygen atoms in total. The van der Waals surface area contributed by atoms with Crippen LogP contribution in [0.15, 0.2) is 0 Å². The second-order valence-electron chi connectivity index (χ2n) is 9.38. The first-order valence-corrected chi connectivity index (χ1v) is 10.3. The Morgan fingerprint density at radius 3 is 2.54 bits per heavy atom. The summed E-state index contributed by atoms with van der Waals surface area (Å²) in [5, 5.41) is 19.7. The number of carbonyl (C=O) groups is 1. The van der Waals surface area contributed by atoms with Crippen LogP contribution in [0.5, 0.6) is 0 Å². The monoisotopic (exact) mass is 336 g/mol. The summed E-state index contributed by atoms with van der Waals surface area (Å²) in [7, 11) is 0. The van der Waals surface area contributed by atoms with Crippen molar-refractivity contribution in [1.82, 2.24) is 0 Å². The highest BCUT2D eigenvalue weighted by atomic mass is 16.3. The van der Waals surface area contributed by atoms with E-state index < -0.39 is 5.60 Å². The Morgan fingerprint density at radius 2 is 1.79 bits per heavy atom. The van der Waals surface area contributed by atoms with Gasteiger partial charge in [0.2, 0.25) is 0 Å². The third-order valence-corrected chi connectivity index (χ3v) is 7.70. The van der Waals surface area contributed by atoms with Gasteiger partial charge in [0.25, 0.3) is 0 Å². The molecular formula is C21H36O3. The van der Waals surface area contributed by atoms with E-state index in [0.29, 0.717) is 11.8 Å². The summed E-state index contributed by atoms with van der Waals surface area (Å²) in [4.78, 5) is 12.0. The smallest absolute Gasteiger partial charge is 0.161 e. The summed E-state index contributed by atoms with van der Waals surface area (Å²) >= 11 is 0. The van der Waals surface area contributed by atoms with Crippen LogP contribution in [0.25, 0.3) is 0 Å². The predicted octanol–water partition coefficient (Wildman–Crippen LogP) is 3.96. The third-order valence-electron chi connectivity index (χ3n) is 7.70. The zero-order chi connectivity index (χ0) is 17.3. The Hall–Kier alpha value is -0.410. The molecule has 0 aromatic rings. The summed E-state index contributed by atoms with van der Waals surface area (Å²) in [6, 6.07) is 0. The van der Waals surface area contributed by atoms with Crippen molar-refractivity contribution in [1.29, 1.82) is 0 Å². The topological polar surface area (TPSA) is 57.5 Å². The normalized spacial score (nSPS) is 46.8. The molecule has 3 aliphatic rings. The number of ketones is 1. The van der Waals surface area contributed by atoms with Crippen molar-refractivity contribution in [2.75, 3.05) is 6.61 Å². The molecule has 0 saturated heterocycles.